The Kier molecular flexibility index (Phi) is 6.76. The molecule has 1 atom stereocenters. The fraction of sp³-hybridized carbons (Fsp3) is 0.231. The van der Waals surface area contributed by atoms with Crippen molar-refractivity contribution in [3.63, 3.8) is 0 Å². The number of hydrogen-bond acceptors (Lipinski definition) is 6. The van der Waals surface area contributed by atoms with Gasteiger partial charge in [-0.1, -0.05) is 18.2 Å². The molecule has 180 valence electrons. The lowest BCUT2D eigenvalue weighted by atomic mass is 9.89. The second-order valence-corrected chi connectivity index (χ2v) is 9.23. The number of halogens is 2. The van der Waals surface area contributed by atoms with Crippen LogP contribution in [-0.4, -0.2) is 17.5 Å². The van der Waals surface area contributed by atoms with Crippen LogP contribution in [0, 0.1) is 0 Å². The van der Waals surface area contributed by atoms with Gasteiger partial charge in [-0.25, -0.2) is 4.98 Å². The number of carbonyl (C=O) groups is 1. The summed E-state index contributed by atoms with van der Waals surface area (Å²) in [5, 5.41) is 7.27. The summed E-state index contributed by atoms with van der Waals surface area (Å²) < 4.78 is 35.2. The molecule has 1 aromatic carbocycles. The SMILES string of the molecule is O=C(Nc1sc2c(c1[C@H](Nc1ccccn1)c1ccc(OC(F)F)cc1)CCCC2)c1ccco1. The molecule has 1 aliphatic carbocycles. The molecule has 0 spiro atoms. The van der Waals surface area contributed by atoms with Crippen LogP contribution < -0.4 is 15.4 Å². The van der Waals surface area contributed by atoms with Crippen molar-refractivity contribution in [2.45, 2.75) is 38.3 Å². The molecule has 0 fully saturated rings. The number of ether oxygens (including phenoxy) is 1. The fourth-order valence-corrected chi connectivity index (χ4v) is 5.64. The number of carbonyl (C=O) groups excluding carboxylic acids is 1. The minimum atomic E-state index is -2.89. The predicted octanol–water partition coefficient (Wildman–Crippen LogP) is 6.67. The van der Waals surface area contributed by atoms with E-state index in [9.17, 15) is 13.6 Å². The van der Waals surface area contributed by atoms with E-state index in [2.05, 4.69) is 20.4 Å². The van der Waals surface area contributed by atoms with Crippen LogP contribution in [0.1, 0.15) is 51.0 Å². The first kappa shape index (κ1) is 23.0. The monoisotopic (exact) mass is 495 g/mol. The molecule has 2 N–H and O–H groups in total. The summed E-state index contributed by atoms with van der Waals surface area (Å²) in [6.45, 7) is -2.89. The quantitative estimate of drug-likeness (QED) is 0.286. The van der Waals surface area contributed by atoms with Crippen molar-refractivity contribution in [1.82, 2.24) is 4.98 Å². The van der Waals surface area contributed by atoms with Crippen LogP contribution in [0.4, 0.5) is 19.6 Å². The highest BCUT2D eigenvalue weighted by atomic mass is 32.1. The first-order valence-corrected chi connectivity index (χ1v) is 12.1. The summed E-state index contributed by atoms with van der Waals surface area (Å²) in [6, 6.07) is 15.0. The Labute approximate surface area is 205 Å². The van der Waals surface area contributed by atoms with Gasteiger partial charge in [0.15, 0.2) is 5.76 Å². The number of amides is 1. The van der Waals surface area contributed by atoms with Crippen LogP contribution in [0.25, 0.3) is 0 Å². The van der Waals surface area contributed by atoms with E-state index in [1.165, 1.54) is 28.8 Å². The van der Waals surface area contributed by atoms with Crippen molar-refractivity contribution in [3.8, 4) is 5.75 Å². The molecule has 5 rings (SSSR count). The first-order chi connectivity index (χ1) is 17.1. The van der Waals surface area contributed by atoms with Gasteiger partial charge >= 0.3 is 6.61 Å². The molecule has 6 nitrogen and oxygen atoms in total. The molecule has 0 saturated carbocycles. The highest BCUT2D eigenvalue weighted by molar-refractivity contribution is 7.16. The Morgan fingerprint density at radius 3 is 2.60 bits per heavy atom. The molecule has 1 aliphatic rings. The molecular formula is C26H23F2N3O3S. The molecule has 0 saturated heterocycles. The maximum Gasteiger partial charge on any atom is 0.387 e. The number of hydrogen-bond donors (Lipinski definition) is 2. The normalized spacial score (nSPS) is 13.8. The number of rotatable bonds is 8. The summed E-state index contributed by atoms with van der Waals surface area (Å²) in [4.78, 5) is 18.5. The van der Waals surface area contributed by atoms with Crippen LogP contribution in [0.2, 0.25) is 0 Å². The minimum absolute atomic E-state index is 0.0824. The van der Waals surface area contributed by atoms with E-state index in [0.29, 0.717) is 5.82 Å². The van der Waals surface area contributed by atoms with Gasteiger partial charge in [-0.2, -0.15) is 8.78 Å². The Morgan fingerprint density at radius 2 is 1.89 bits per heavy atom. The van der Waals surface area contributed by atoms with Crippen molar-refractivity contribution in [2.75, 3.05) is 10.6 Å². The Balaban J connectivity index is 1.58. The zero-order valence-corrected chi connectivity index (χ0v) is 19.5. The van der Waals surface area contributed by atoms with Gasteiger partial charge in [-0.15, -0.1) is 11.3 Å². The van der Waals surface area contributed by atoms with E-state index in [4.69, 9.17) is 4.42 Å². The van der Waals surface area contributed by atoms with Crippen LogP contribution >= 0.6 is 11.3 Å². The van der Waals surface area contributed by atoms with Gasteiger partial charge in [-0.3, -0.25) is 4.79 Å². The number of benzene rings is 1. The highest BCUT2D eigenvalue weighted by Gasteiger charge is 2.29. The van der Waals surface area contributed by atoms with Crippen molar-refractivity contribution in [2.24, 2.45) is 0 Å². The van der Waals surface area contributed by atoms with E-state index in [-0.39, 0.29) is 23.5 Å². The van der Waals surface area contributed by atoms with Crippen molar-refractivity contribution >= 4 is 28.1 Å². The average molecular weight is 496 g/mol. The van der Waals surface area contributed by atoms with Gasteiger partial charge in [0.05, 0.1) is 12.3 Å². The zero-order chi connectivity index (χ0) is 24.2. The highest BCUT2D eigenvalue weighted by Crippen LogP contribution is 2.44. The van der Waals surface area contributed by atoms with E-state index < -0.39 is 6.61 Å². The molecule has 0 radical (unpaired) electrons. The van der Waals surface area contributed by atoms with Gasteiger partial charge in [0.2, 0.25) is 0 Å². The van der Waals surface area contributed by atoms with Crippen molar-refractivity contribution in [3.05, 3.63) is 94.4 Å². The second-order valence-electron chi connectivity index (χ2n) is 8.12. The minimum Gasteiger partial charge on any atom is -0.459 e. The Morgan fingerprint density at radius 1 is 1.06 bits per heavy atom. The summed E-state index contributed by atoms with van der Waals surface area (Å²) in [5.41, 5.74) is 2.99. The van der Waals surface area contributed by atoms with Crippen LogP contribution in [0.15, 0.2) is 71.5 Å². The number of nitrogens with one attached hydrogen (secondary N) is 2. The molecule has 1 amide bonds. The molecule has 0 aliphatic heterocycles. The maximum atomic E-state index is 12.9. The molecular weight excluding hydrogens is 472 g/mol. The number of pyridine rings is 1. The van der Waals surface area contributed by atoms with Gasteiger partial charge < -0.3 is 19.8 Å². The first-order valence-electron chi connectivity index (χ1n) is 11.3. The Hall–Kier alpha value is -3.72. The number of thiophene rings is 1. The smallest absolute Gasteiger partial charge is 0.387 e. The lowest BCUT2D eigenvalue weighted by Gasteiger charge is -2.24. The number of alkyl halides is 2. The number of furan rings is 1. The predicted molar refractivity (Wildman–Crippen MR) is 130 cm³/mol. The lowest BCUT2D eigenvalue weighted by Crippen LogP contribution is -2.18. The van der Waals surface area contributed by atoms with Crippen LogP contribution in [-0.2, 0) is 12.8 Å². The fourth-order valence-electron chi connectivity index (χ4n) is 4.32. The third kappa shape index (κ3) is 5.19. The van der Waals surface area contributed by atoms with Crippen LogP contribution in [0.5, 0.6) is 5.75 Å². The number of fused-ring (bicyclic) bond motifs is 1. The van der Waals surface area contributed by atoms with E-state index in [1.54, 1.807) is 41.8 Å². The molecule has 0 bridgehead atoms. The summed E-state index contributed by atoms with van der Waals surface area (Å²) in [6.07, 6.45) is 7.15. The van der Waals surface area contributed by atoms with Gasteiger partial charge in [0.1, 0.15) is 16.6 Å². The van der Waals surface area contributed by atoms with Gasteiger partial charge in [0, 0.05) is 16.6 Å². The van der Waals surface area contributed by atoms with E-state index >= 15 is 0 Å². The summed E-state index contributed by atoms with van der Waals surface area (Å²) >= 11 is 1.57. The third-order valence-electron chi connectivity index (χ3n) is 5.87. The van der Waals surface area contributed by atoms with E-state index in [0.717, 1.165) is 41.8 Å². The third-order valence-corrected chi connectivity index (χ3v) is 7.09. The molecule has 4 aromatic rings. The topological polar surface area (TPSA) is 76.4 Å². The lowest BCUT2D eigenvalue weighted by molar-refractivity contribution is -0.0498. The largest absolute Gasteiger partial charge is 0.459 e. The molecule has 3 aromatic heterocycles. The Bertz CT molecular complexity index is 1280. The number of anilines is 2. The van der Waals surface area contributed by atoms with Crippen molar-refractivity contribution in [1.29, 1.82) is 0 Å². The molecule has 35 heavy (non-hydrogen) atoms. The van der Waals surface area contributed by atoms with E-state index in [1.807, 2.05) is 18.2 Å². The van der Waals surface area contributed by atoms with Gasteiger partial charge in [-0.05, 0) is 73.2 Å². The molecule has 3 heterocycles. The zero-order valence-electron chi connectivity index (χ0n) is 18.7. The van der Waals surface area contributed by atoms with Crippen molar-refractivity contribution < 1.29 is 22.7 Å². The molecule has 0 unspecified atom stereocenters. The summed E-state index contributed by atoms with van der Waals surface area (Å²) in [7, 11) is 0. The number of aromatic nitrogens is 1. The molecule has 9 heteroatoms. The van der Waals surface area contributed by atoms with Gasteiger partial charge in [0.25, 0.3) is 5.91 Å². The second kappa shape index (κ2) is 10.3. The number of nitrogens with zero attached hydrogens (tertiary/aromatic N) is 1. The number of aryl methyl sites for hydroxylation is 1. The maximum absolute atomic E-state index is 12.9. The van der Waals surface area contributed by atoms with Crippen LogP contribution in [0.3, 0.4) is 0 Å². The standard InChI is InChI=1S/C26H23F2N3O3S/c27-26(28)34-17-12-10-16(11-13-17)23(30-21-9-3-4-14-29-21)22-18-6-1-2-8-20(18)35-25(22)31-24(32)19-7-5-15-33-19/h3-5,7,9-15,23,26H,1-2,6,8H2,(H,29,30)(H,31,32)/t23-/m1/s1. The summed E-state index contributed by atoms with van der Waals surface area (Å²) in [5.74, 6) is 0.640. The average Bonchev–Trinajstić information content (AvgIpc) is 3.52.